The van der Waals surface area contributed by atoms with Crippen molar-refractivity contribution in [3.63, 3.8) is 0 Å². The highest BCUT2D eigenvalue weighted by atomic mass is 35.5. The lowest BCUT2D eigenvalue weighted by Gasteiger charge is -2.44. The van der Waals surface area contributed by atoms with Crippen LogP contribution in [0.3, 0.4) is 0 Å². The van der Waals surface area contributed by atoms with Crippen LogP contribution >= 0.6 is 11.6 Å². The van der Waals surface area contributed by atoms with Gasteiger partial charge in [-0.2, -0.15) is 0 Å². The molecule has 1 fully saturated rings. The standard InChI is InChI=1S/C23H29ClN6O/c1-14(2)30-13-26-29-19(30)12-25-11-17-9-16-10-18(24)21-20(22(16)31-17)23(28-15(3)27-21)7-5-4-6-8-23/h9-10,13-14,25,27-28H,3-8,11-12H2,1-2H3. The highest BCUT2D eigenvalue weighted by Gasteiger charge is 2.42. The largest absolute Gasteiger partial charge is 0.459 e. The number of hydrogen-bond acceptors (Lipinski definition) is 6. The summed E-state index contributed by atoms with van der Waals surface area (Å²) in [5.74, 6) is 2.60. The zero-order valence-electron chi connectivity index (χ0n) is 18.1. The summed E-state index contributed by atoms with van der Waals surface area (Å²) in [6.45, 7) is 9.61. The summed E-state index contributed by atoms with van der Waals surface area (Å²) >= 11 is 6.71. The fraction of sp³-hybridized carbons (Fsp3) is 0.478. The van der Waals surface area contributed by atoms with E-state index in [-0.39, 0.29) is 5.54 Å². The maximum absolute atomic E-state index is 6.71. The molecule has 3 heterocycles. The van der Waals surface area contributed by atoms with Gasteiger partial charge in [-0.15, -0.1) is 10.2 Å². The molecule has 3 aromatic rings. The van der Waals surface area contributed by atoms with Crippen molar-refractivity contribution >= 4 is 28.3 Å². The molecule has 31 heavy (non-hydrogen) atoms. The molecule has 1 spiro atoms. The maximum Gasteiger partial charge on any atom is 0.147 e. The number of nitrogens with one attached hydrogen (secondary N) is 3. The second-order valence-electron chi connectivity index (χ2n) is 8.96. The third kappa shape index (κ3) is 3.59. The molecule has 1 aliphatic carbocycles. The van der Waals surface area contributed by atoms with Crippen LogP contribution in [-0.2, 0) is 18.6 Å². The summed E-state index contributed by atoms with van der Waals surface area (Å²) in [6, 6.07) is 4.40. The van der Waals surface area contributed by atoms with Crippen molar-refractivity contribution in [3.8, 4) is 0 Å². The van der Waals surface area contributed by atoms with Gasteiger partial charge < -0.3 is 24.9 Å². The second kappa shape index (κ2) is 7.88. The van der Waals surface area contributed by atoms with Crippen molar-refractivity contribution in [3.05, 3.63) is 53.0 Å². The summed E-state index contributed by atoms with van der Waals surface area (Å²) in [5, 5.41) is 20.4. The van der Waals surface area contributed by atoms with Crippen molar-refractivity contribution < 1.29 is 4.42 Å². The molecule has 2 aliphatic rings. The van der Waals surface area contributed by atoms with Gasteiger partial charge in [0.15, 0.2) is 0 Å². The lowest BCUT2D eigenvalue weighted by atomic mass is 9.74. The van der Waals surface area contributed by atoms with Gasteiger partial charge >= 0.3 is 0 Å². The van der Waals surface area contributed by atoms with Gasteiger partial charge in [-0.1, -0.05) is 37.4 Å². The highest BCUT2D eigenvalue weighted by molar-refractivity contribution is 6.34. The Kier molecular flexibility index (Phi) is 5.18. The van der Waals surface area contributed by atoms with Crippen LogP contribution in [0.4, 0.5) is 5.69 Å². The lowest BCUT2D eigenvalue weighted by Crippen LogP contribution is -2.48. The van der Waals surface area contributed by atoms with E-state index in [9.17, 15) is 0 Å². The molecule has 0 atom stereocenters. The number of aromatic nitrogens is 3. The van der Waals surface area contributed by atoms with E-state index in [0.29, 0.717) is 24.2 Å². The van der Waals surface area contributed by atoms with E-state index in [2.05, 4.69) is 57.2 Å². The van der Waals surface area contributed by atoms with E-state index in [1.165, 1.54) is 19.3 Å². The molecule has 1 aliphatic heterocycles. The van der Waals surface area contributed by atoms with E-state index in [4.69, 9.17) is 16.0 Å². The SMILES string of the molecule is C=C1Nc2c(Cl)cc3cc(CNCc4nncn4C(C)C)oc3c2C2(CCCCC2)N1. The molecule has 5 rings (SSSR count). The Bertz CT molecular complexity index is 1120. The third-order valence-corrected chi connectivity index (χ3v) is 6.75. The quantitative estimate of drug-likeness (QED) is 0.506. The Morgan fingerprint density at radius 1 is 1.26 bits per heavy atom. The van der Waals surface area contributed by atoms with Crippen molar-refractivity contribution in [2.75, 3.05) is 5.32 Å². The summed E-state index contributed by atoms with van der Waals surface area (Å²) in [5.41, 5.74) is 2.82. The van der Waals surface area contributed by atoms with Crippen LogP contribution in [0.5, 0.6) is 0 Å². The van der Waals surface area contributed by atoms with E-state index >= 15 is 0 Å². The molecule has 1 saturated carbocycles. The minimum atomic E-state index is -0.171. The Morgan fingerprint density at radius 3 is 2.84 bits per heavy atom. The topological polar surface area (TPSA) is 79.9 Å². The van der Waals surface area contributed by atoms with Crippen LogP contribution in [0, 0.1) is 0 Å². The molecule has 0 radical (unpaired) electrons. The number of halogens is 1. The van der Waals surface area contributed by atoms with Gasteiger partial charge in [0, 0.05) is 17.0 Å². The van der Waals surface area contributed by atoms with E-state index in [1.54, 1.807) is 6.33 Å². The predicted molar refractivity (Wildman–Crippen MR) is 123 cm³/mol. The average molecular weight is 441 g/mol. The van der Waals surface area contributed by atoms with Crippen LogP contribution < -0.4 is 16.0 Å². The summed E-state index contributed by atoms with van der Waals surface area (Å²) < 4.78 is 8.48. The number of benzene rings is 1. The first-order chi connectivity index (χ1) is 15.0. The van der Waals surface area contributed by atoms with Crippen LogP contribution in [-0.4, -0.2) is 14.8 Å². The van der Waals surface area contributed by atoms with E-state index < -0.39 is 0 Å². The van der Waals surface area contributed by atoms with E-state index in [1.807, 2.05) is 6.07 Å². The molecule has 3 N–H and O–H groups in total. The Hall–Kier alpha value is -2.51. The fourth-order valence-corrected chi connectivity index (χ4v) is 5.31. The lowest BCUT2D eigenvalue weighted by molar-refractivity contribution is 0.250. The zero-order chi connectivity index (χ0) is 21.6. The molecule has 0 unspecified atom stereocenters. The van der Waals surface area contributed by atoms with Crippen molar-refractivity contribution in [2.24, 2.45) is 0 Å². The smallest absolute Gasteiger partial charge is 0.147 e. The molecular weight excluding hydrogens is 412 g/mol. The fourth-order valence-electron chi connectivity index (χ4n) is 5.05. The van der Waals surface area contributed by atoms with E-state index in [0.717, 1.165) is 52.5 Å². The first-order valence-corrected chi connectivity index (χ1v) is 11.4. The molecule has 0 saturated heterocycles. The number of hydrogen-bond donors (Lipinski definition) is 3. The molecule has 7 nitrogen and oxygen atoms in total. The summed E-state index contributed by atoms with van der Waals surface area (Å²) in [7, 11) is 0. The molecule has 164 valence electrons. The van der Waals surface area contributed by atoms with Crippen LogP contribution in [0.15, 0.2) is 35.3 Å². The van der Waals surface area contributed by atoms with Crippen molar-refractivity contribution in [1.82, 2.24) is 25.4 Å². The Balaban J connectivity index is 1.46. The number of nitrogens with zero attached hydrogens (tertiary/aromatic N) is 3. The molecule has 8 heteroatoms. The monoisotopic (exact) mass is 440 g/mol. The minimum Gasteiger partial charge on any atom is -0.459 e. The van der Waals surface area contributed by atoms with Crippen LogP contribution in [0.25, 0.3) is 11.0 Å². The van der Waals surface area contributed by atoms with Gasteiger partial charge in [-0.3, -0.25) is 0 Å². The summed E-state index contributed by atoms with van der Waals surface area (Å²) in [4.78, 5) is 0. The average Bonchev–Trinajstić information content (AvgIpc) is 3.35. The molecule has 2 aromatic heterocycles. The van der Waals surface area contributed by atoms with Crippen molar-refractivity contribution in [1.29, 1.82) is 0 Å². The van der Waals surface area contributed by atoms with Gasteiger partial charge in [0.25, 0.3) is 0 Å². The van der Waals surface area contributed by atoms with Crippen LogP contribution in [0.2, 0.25) is 5.02 Å². The van der Waals surface area contributed by atoms with Gasteiger partial charge in [0.05, 0.1) is 35.2 Å². The number of furan rings is 1. The molecular formula is C23H29ClN6O. The van der Waals surface area contributed by atoms with Crippen LogP contribution in [0.1, 0.15) is 69.1 Å². The number of fused-ring (bicyclic) bond motifs is 4. The zero-order valence-corrected chi connectivity index (χ0v) is 18.9. The maximum atomic E-state index is 6.71. The van der Waals surface area contributed by atoms with Gasteiger partial charge in [-0.25, -0.2) is 0 Å². The van der Waals surface area contributed by atoms with Gasteiger partial charge in [0.2, 0.25) is 0 Å². The second-order valence-corrected chi connectivity index (χ2v) is 9.37. The minimum absolute atomic E-state index is 0.171. The van der Waals surface area contributed by atoms with Crippen molar-refractivity contribution in [2.45, 2.75) is 70.6 Å². The third-order valence-electron chi connectivity index (χ3n) is 6.45. The van der Waals surface area contributed by atoms with Gasteiger partial charge in [-0.05, 0) is 38.8 Å². The molecule has 0 amide bonds. The normalized spacial score (nSPS) is 17.7. The Morgan fingerprint density at radius 2 is 2.06 bits per heavy atom. The molecule has 0 bridgehead atoms. The summed E-state index contributed by atoms with van der Waals surface area (Å²) in [6.07, 6.45) is 7.49. The first-order valence-electron chi connectivity index (χ1n) is 11.1. The molecule has 1 aromatic carbocycles. The Labute approximate surface area is 187 Å². The number of anilines is 1. The van der Waals surface area contributed by atoms with Gasteiger partial charge in [0.1, 0.15) is 23.5 Å². The first kappa shape index (κ1) is 20.4. The number of rotatable bonds is 5. The highest BCUT2D eigenvalue weighted by Crippen LogP contribution is 2.49. The predicted octanol–water partition coefficient (Wildman–Crippen LogP) is 5.19.